The number of hydrogen-bond acceptors (Lipinski definition) is 1. The third-order valence-electron chi connectivity index (χ3n) is 2.50. The number of allylic oxidation sites excluding steroid dienone is 6. The Kier molecular flexibility index (Phi) is 12.9. The number of carbonyl (C=O) groups excluding carboxylic acids is 1. The number of amides is 1. The van der Waals surface area contributed by atoms with Crippen LogP contribution in [-0.2, 0) is 4.79 Å². The fraction of sp³-hybridized carbons (Fsp3) is 0.353. The second-order valence-electron chi connectivity index (χ2n) is 4.61. The van der Waals surface area contributed by atoms with Crippen molar-refractivity contribution in [1.29, 1.82) is 0 Å². The Labute approximate surface area is 137 Å². The smallest absolute Gasteiger partial charge is 0.244 e. The molecule has 21 heavy (non-hydrogen) atoms. The Morgan fingerprint density at radius 1 is 1.14 bits per heavy atom. The van der Waals surface area contributed by atoms with Crippen LogP contribution in [0, 0.1) is 0 Å². The molecular formula is C17H23Cl2NO. The zero-order valence-corrected chi connectivity index (χ0v) is 14.1. The number of halogens is 2. The minimum atomic E-state index is -0.109. The Balaban J connectivity index is 3.96. The molecule has 0 aliphatic rings. The van der Waals surface area contributed by atoms with Crippen LogP contribution in [0.1, 0.15) is 33.1 Å². The van der Waals surface area contributed by atoms with Crippen molar-refractivity contribution in [3.8, 4) is 0 Å². The molecule has 4 heteroatoms. The van der Waals surface area contributed by atoms with Gasteiger partial charge in [-0.05, 0) is 33.1 Å². The van der Waals surface area contributed by atoms with E-state index in [0.29, 0.717) is 0 Å². The van der Waals surface area contributed by atoms with Crippen molar-refractivity contribution in [3.05, 3.63) is 59.2 Å². The van der Waals surface area contributed by atoms with Crippen LogP contribution in [0.4, 0.5) is 0 Å². The van der Waals surface area contributed by atoms with E-state index in [1.807, 2.05) is 44.2 Å². The summed E-state index contributed by atoms with van der Waals surface area (Å²) in [6.45, 7) is 3.88. The monoisotopic (exact) mass is 327 g/mol. The molecule has 0 radical (unpaired) electrons. The SMILES string of the molecule is CC(=CCl)CC=CC=CC(=O)NC(C)C=CCCC=CCl. The third-order valence-corrected chi connectivity index (χ3v) is 3.06. The van der Waals surface area contributed by atoms with Gasteiger partial charge < -0.3 is 5.32 Å². The first-order valence-corrected chi connectivity index (χ1v) is 7.79. The molecule has 0 heterocycles. The molecule has 0 aromatic carbocycles. The van der Waals surface area contributed by atoms with Gasteiger partial charge in [0.2, 0.25) is 5.91 Å². The molecule has 0 aliphatic carbocycles. The van der Waals surface area contributed by atoms with Crippen molar-refractivity contribution in [2.24, 2.45) is 0 Å². The predicted octanol–water partition coefficient (Wildman–Crippen LogP) is 5.23. The quantitative estimate of drug-likeness (QED) is 0.267. The van der Waals surface area contributed by atoms with Crippen LogP contribution in [0.2, 0.25) is 0 Å². The number of carbonyl (C=O) groups is 1. The molecule has 0 fully saturated rings. The molecule has 116 valence electrons. The molecule has 1 unspecified atom stereocenters. The molecule has 0 aromatic rings. The van der Waals surface area contributed by atoms with Crippen LogP contribution < -0.4 is 5.32 Å². The summed E-state index contributed by atoms with van der Waals surface area (Å²) in [7, 11) is 0. The summed E-state index contributed by atoms with van der Waals surface area (Å²) in [4.78, 5) is 11.6. The molecule has 0 aromatic heterocycles. The number of rotatable bonds is 9. The molecule has 0 saturated carbocycles. The maximum atomic E-state index is 11.6. The molecular weight excluding hydrogens is 305 g/mol. The van der Waals surface area contributed by atoms with E-state index >= 15 is 0 Å². The first-order chi connectivity index (χ1) is 10.1. The van der Waals surface area contributed by atoms with Gasteiger partial charge >= 0.3 is 0 Å². The van der Waals surface area contributed by atoms with E-state index in [-0.39, 0.29) is 11.9 Å². The van der Waals surface area contributed by atoms with Gasteiger partial charge in [-0.25, -0.2) is 0 Å². The summed E-state index contributed by atoms with van der Waals surface area (Å²) in [6, 6.07) is 0.00698. The van der Waals surface area contributed by atoms with Crippen molar-refractivity contribution in [3.63, 3.8) is 0 Å². The van der Waals surface area contributed by atoms with Gasteiger partial charge in [0, 0.05) is 23.2 Å². The zero-order chi connectivity index (χ0) is 15.9. The first-order valence-electron chi connectivity index (χ1n) is 6.91. The standard InChI is InChI=1S/C17H23Cl2NO/c1-15(14-19)10-6-5-8-12-17(21)20-16(2)11-7-3-4-9-13-18/h5-9,11-14,16H,3-4,10H2,1-2H3,(H,20,21). The van der Waals surface area contributed by atoms with Gasteiger partial charge in [-0.2, -0.15) is 0 Å². The molecule has 2 nitrogen and oxygen atoms in total. The molecule has 0 aliphatic heterocycles. The highest BCUT2D eigenvalue weighted by Gasteiger charge is 1.98. The number of nitrogens with one attached hydrogen (secondary N) is 1. The molecule has 0 rings (SSSR count). The third kappa shape index (κ3) is 13.5. The van der Waals surface area contributed by atoms with Crippen LogP contribution in [0.15, 0.2) is 59.2 Å². The van der Waals surface area contributed by atoms with Crippen LogP contribution in [-0.4, -0.2) is 11.9 Å². The maximum Gasteiger partial charge on any atom is 0.244 e. The lowest BCUT2D eigenvalue weighted by Gasteiger charge is -2.06. The van der Waals surface area contributed by atoms with Gasteiger partial charge in [-0.3, -0.25) is 4.79 Å². The van der Waals surface area contributed by atoms with Gasteiger partial charge in [0.1, 0.15) is 0 Å². The van der Waals surface area contributed by atoms with Crippen LogP contribution >= 0.6 is 23.2 Å². The summed E-state index contributed by atoms with van der Waals surface area (Å²) in [6.07, 6.45) is 15.5. The number of hydrogen-bond donors (Lipinski definition) is 1. The minimum absolute atomic E-state index is 0.00698. The Morgan fingerprint density at radius 3 is 2.52 bits per heavy atom. The van der Waals surface area contributed by atoms with E-state index in [0.717, 1.165) is 24.8 Å². The molecule has 1 N–H and O–H groups in total. The van der Waals surface area contributed by atoms with Crippen LogP contribution in [0.25, 0.3) is 0 Å². The normalized spacial score (nSPS) is 14.8. The summed E-state index contributed by atoms with van der Waals surface area (Å²) < 4.78 is 0. The average molecular weight is 328 g/mol. The van der Waals surface area contributed by atoms with Gasteiger partial charge in [0.05, 0.1) is 0 Å². The highest BCUT2D eigenvalue weighted by molar-refractivity contribution is 6.25. The zero-order valence-electron chi connectivity index (χ0n) is 12.6. The van der Waals surface area contributed by atoms with E-state index in [1.165, 1.54) is 11.6 Å². The molecule has 0 saturated heterocycles. The van der Waals surface area contributed by atoms with Crippen molar-refractivity contribution in [2.45, 2.75) is 39.2 Å². The largest absolute Gasteiger partial charge is 0.347 e. The van der Waals surface area contributed by atoms with Crippen LogP contribution in [0.3, 0.4) is 0 Å². The topological polar surface area (TPSA) is 29.1 Å². The maximum absolute atomic E-state index is 11.6. The highest BCUT2D eigenvalue weighted by Crippen LogP contribution is 2.02. The molecule has 1 atom stereocenters. The van der Waals surface area contributed by atoms with Gasteiger partial charge in [-0.1, -0.05) is 65.2 Å². The van der Waals surface area contributed by atoms with E-state index in [2.05, 4.69) is 5.32 Å². The summed E-state index contributed by atoms with van der Waals surface area (Å²) >= 11 is 11.0. The summed E-state index contributed by atoms with van der Waals surface area (Å²) in [5.74, 6) is -0.109. The minimum Gasteiger partial charge on any atom is -0.347 e. The Morgan fingerprint density at radius 2 is 1.86 bits per heavy atom. The van der Waals surface area contributed by atoms with Crippen molar-refractivity contribution in [1.82, 2.24) is 5.32 Å². The van der Waals surface area contributed by atoms with Gasteiger partial charge in [0.25, 0.3) is 0 Å². The summed E-state index contributed by atoms with van der Waals surface area (Å²) in [5.41, 5.74) is 4.15. The van der Waals surface area contributed by atoms with Gasteiger partial charge in [0.15, 0.2) is 0 Å². The lowest BCUT2D eigenvalue weighted by atomic mass is 10.2. The molecule has 1 amide bonds. The van der Waals surface area contributed by atoms with Crippen molar-refractivity contribution >= 4 is 29.1 Å². The van der Waals surface area contributed by atoms with Gasteiger partial charge in [-0.15, -0.1) is 0 Å². The first kappa shape index (κ1) is 19.8. The average Bonchev–Trinajstić information content (AvgIpc) is 2.46. The summed E-state index contributed by atoms with van der Waals surface area (Å²) in [5, 5.41) is 2.86. The lowest BCUT2D eigenvalue weighted by Crippen LogP contribution is -2.29. The van der Waals surface area contributed by atoms with Crippen molar-refractivity contribution < 1.29 is 4.79 Å². The number of unbranched alkanes of at least 4 members (excludes halogenated alkanes) is 1. The fourth-order valence-corrected chi connectivity index (χ4v) is 1.61. The molecule has 0 spiro atoms. The van der Waals surface area contributed by atoms with E-state index < -0.39 is 0 Å². The second kappa shape index (κ2) is 13.7. The Bertz CT molecular complexity index is 434. The lowest BCUT2D eigenvalue weighted by molar-refractivity contribution is -0.116. The van der Waals surface area contributed by atoms with Crippen LogP contribution in [0.5, 0.6) is 0 Å². The second-order valence-corrected chi connectivity index (χ2v) is 5.08. The van der Waals surface area contributed by atoms with E-state index in [9.17, 15) is 4.79 Å². The van der Waals surface area contributed by atoms with E-state index in [1.54, 1.807) is 11.6 Å². The predicted molar refractivity (Wildman–Crippen MR) is 93.5 cm³/mol. The molecule has 0 bridgehead atoms. The van der Waals surface area contributed by atoms with E-state index in [4.69, 9.17) is 23.2 Å². The fourth-order valence-electron chi connectivity index (χ4n) is 1.40. The highest BCUT2D eigenvalue weighted by atomic mass is 35.5. The Hall–Kier alpha value is -1.25. The van der Waals surface area contributed by atoms with Crippen molar-refractivity contribution in [2.75, 3.05) is 0 Å².